The van der Waals surface area contributed by atoms with E-state index in [0.717, 1.165) is 24.1 Å². The van der Waals surface area contributed by atoms with E-state index in [1.54, 1.807) is 7.11 Å². The van der Waals surface area contributed by atoms with Gasteiger partial charge in [-0.3, -0.25) is 14.5 Å². The minimum absolute atomic E-state index is 0.0356. The van der Waals surface area contributed by atoms with E-state index in [1.807, 2.05) is 66.2 Å². The number of nitrogens with zero attached hydrogens (tertiary/aromatic N) is 3. The third-order valence-corrected chi connectivity index (χ3v) is 8.11. The number of carboxylic acids is 1. The van der Waals surface area contributed by atoms with E-state index in [2.05, 4.69) is 31.7 Å². The molecular formula is C32H44N3O6+. The van der Waals surface area contributed by atoms with Crippen molar-refractivity contribution in [3.63, 3.8) is 0 Å². The normalized spacial score (nSPS) is 20.5. The van der Waals surface area contributed by atoms with Crippen molar-refractivity contribution in [2.45, 2.75) is 58.9 Å². The monoisotopic (exact) mass is 566 g/mol. The fourth-order valence-electron chi connectivity index (χ4n) is 6.21. The maximum Gasteiger partial charge on any atom is 0.308 e. The van der Waals surface area contributed by atoms with Crippen LogP contribution in [0.1, 0.15) is 58.4 Å². The number of hydrogen-bond donors (Lipinski definition) is 1. The molecule has 3 heterocycles. The summed E-state index contributed by atoms with van der Waals surface area (Å²) >= 11 is 0. The molecule has 2 aliphatic rings. The number of carboxylic acid groups (broad SMARTS) is 1. The second kappa shape index (κ2) is 12.9. The number of aromatic nitrogens is 1. The fraction of sp³-hybridized carbons (Fsp3) is 0.531. The van der Waals surface area contributed by atoms with E-state index in [4.69, 9.17) is 14.2 Å². The zero-order chi connectivity index (χ0) is 29.7. The molecule has 9 nitrogen and oxygen atoms in total. The maximum atomic E-state index is 14.0. The highest BCUT2D eigenvalue weighted by Gasteiger charge is 2.49. The van der Waals surface area contributed by atoms with Gasteiger partial charge in [-0.25, -0.2) is 4.57 Å². The summed E-state index contributed by atoms with van der Waals surface area (Å²) in [6.45, 7) is 9.55. The number of methoxy groups -OCH3 is 1. The number of rotatable bonds is 12. The number of carbonyl (C=O) groups is 2. The molecule has 4 rings (SSSR count). The largest absolute Gasteiger partial charge is 0.493 e. The number of carbonyl (C=O) groups excluding carboxylic acids is 1. The van der Waals surface area contributed by atoms with Crippen molar-refractivity contribution in [2.24, 2.45) is 18.4 Å². The van der Waals surface area contributed by atoms with E-state index >= 15 is 0 Å². The average molecular weight is 567 g/mol. The number of aliphatic carboxylic acids is 1. The summed E-state index contributed by atoms with van der Waals surface area (Å²) in [6.07, 6.45) is 10.4. The molecule has 0 bridgehead atoms. The van der Waals surface area contributed by atoms with Crippen LogP contribution in [0.15, 0.2) is 48.8 Å². The zero-order valence-corrected chi connectivity index (χ0v) is 25.1. The van der Waals surface area contributed by atoms with Gasteiger partial charge in [0.1, 0.15) is 12.7 Å². The van der Waals surface area contributed by atoms with Gasteiger partial charge >= 0.3 is 5.97 Å². The Morgan fingerprint density at radius 1 is 1.29 bits per heavy atom. The Balaban J connectivity index is 1.72. The molecule has 41 heavy (non-hydrogen) atoms. The van der Waals surface area contributed by atoms with Crippen molar-refractivity contribution >= 4 is 17.6 Å². The minimum atomic E-state index is -0.874. The highest BCUT2D eigenvalue weighted by Crippen LogP contribution is 2.48. The number of anilines is 1. The van der Waals surface area contributed by atoms with Crippen molar-refractivity contribution in [2.75, 3.05) is 38.4 Å². The van der Waals surface area contributed by atoms with Gasteiger partial charge < -0.3 is 24.2 Å². The predicted molar refractivity (Wildman–Crippen MR) is 156 cm³/mol. The van der Waals surface area contributed by atoms with Crippen LogP contribution in [-0.2, 0) is 16.6 Å². The minimum Gasteiger partial charge on any atom is -0.493 e. The summed E-state index contributed by atoms with van der Waals surface area (Å²) in [4.78, 5) is 30.9. The zero-order valence-electron chi connectivity index (χ0n) is 25.1. The van der Waals surface area contributed by atoms with Crippen LogP contribution >= 0.6 is 0 Å². The molecule has 222 valence electrons. The summed E-state index contributed by atoms with van der Waals surface area (Å²) < 4.78 is 18.7. The summed E-state index contributed by atoms with van der Waals surface area (Å²) in [5.74, 6) is -0.410. The summed E-state index contributed by atoms with van der Waals surface area (Å²) in [6, 6.07) is 7.24. The van der Waals surface area contributed by atoms with Crippen LogP contribution in [0.2, 0.25) is 0 Å². The molecule has 1 amide bonds. The number of unbranched alkanes of at least 4 members (excludes halogenated alkanes) is 1. The maximum absolute atomic E-state index is 14.0. The first-order valence-corrected chi connectivity index (χ1v) is 14.4. The Kier molecular flexibility index (Phi) is 9.58. The van der Waals surface area contributed by atoms with Gasteiger partial charge in [-0.15, -0.1) is 0 Å². The molecule has 1 aromatic heterocycles. The molecule has 0 aliphatic carbocycles. The third-order valence-electron chi connectivity index (χ3n) is 8.11. The molecule has 9 heteroatoms. The fourth-order valence-corrected chi connectivity index (χ4v) is 6.21. The molecule has 0 radical (unpaired) electrons. The van der Waals surface area contributed by atoms with E-state index in [0.29, 0.717) is 36.8 Å². The number of pyridine rings is 1. The second-order valence-electron chi connectivity index (χ2n) is 11.7. The number of likely N-dealkylation sites (tertiary alicyclic amines) is 1. The SMILES string of the molecule is CC=CC(C)(C)C[C@H]1C(C(=O)O)[C@@H](c2cc(OC)c3c(c2)OCO3)CN1CC(=O)N(CCCC)c1ccc[n+](C)c1. The molecule has 0 spiro atoms. The van der Waals surface area contributed by atoms with Crippen molar-refractivity contribution in [1.29, 1.82) is 0 Å². The smallest absolute Gasteiger partial charge is 0.308 e. The Morgan fingerprint density at radius 3 is 2.73 bits per heavy atom. The van der Waals surface area contributed by atoms with Gasteiger partial charge in [-0.2, -0.15) is 0 Å². The number of aryl methyl sites for hydroxylation is 1. The van der Waals surface area contributed by atoms with Crippen LogP contribution in [0, 0.1) is 11.3 Å². The van der Waals surface area contributed by atoms with E-state index in [-0.39, 0.29) is 36.6 Å². The standard InChI is InChI=1S/C32H43N3O6/c1-7-9-14-35(23-11-10-13-33(5)18-23)28(36)20-34-19-24(22-15-26(39-6)30-27(16-22)40-21-41-30)29(31(37)38)25(34)17-32(3,4)12-8-2/h8,10-13,15-16,18,24-25,29H,7,9,14,17,19-21H2,1-6H3/p+1/t24-,25+,29?/m1/s1. The molecule has 1 aromatic carbocycles. The number of fused-ring (bicyclic) bond motifs is 1. The number of ether oxygens (including phenoxy) is 3. The number of allylic oxidation sites excluding steroid dienone is 2. The molecule has 1 N–H and O–H groups in total. The van der Waals surface area contributed by atoms with Gasteiger partial charge in [0.2, 0.25) is 18.4 Å². The lowest BCUT2D eigenvalue weighted by molar-refractivity contribution is -0.670. The summed E-state index contributed by atoms with van der Waals surface area (Å²) in [5.41, 5.74) is 1.39. The highest BCUT2D eigenvalue weighted by atomic mass is 16.7. The van der Waals surface area contributed by atoms with Gasteiger partial charge in [-0.1, -0.05) is 39.3 Å². The molecule has 1 fully saturated rings. The Labute approximate surface area is 243 Å². The van der Waals surface area contributed by atoms with Crippen LogP contribution in [0.5, 0.6) is 17.2 Å². The lowest BCUT2D eigenvalue weighted by Crippen LogP contribution is -2.46. The lowest BCUT2D eigenvalue weighted by atomic mass is 9.77. The first-order chi connectivity index (χ1) is 19.6. The van der Waals surface area contributed by atoms with Crippen LogP contribution in [0.25, 0.3) is 0 Å². The average Bonchev–Trinajstić information content (AvgIpc) is 3.53. The second-order valence-corrected chi connectivity index (χ2v) is 11.7. The van der Waals surface area contributed by atoms with Gasteiger partial charge in [0.05, 0.1) is 19.6 Å². The van der Waals surface area contributed by atoms with Crippen molar-refractivity contribution in [1.82, 2.24) is 4.90 Å². The Morgan fingerprint density at radius 2 is 2.07 bits per heavy atom. The molecule has 2 aromatic rings. The van der Waals surface area contributed by atoms with Gasteiger partial charge in [0.25, 0.3) is 0 Å². The Hall–Kier alpha value is -3.59. The summed E-state index contributed by atoms with van der Waals surface area (Å²) in [5, 5.41) is 10.6. The molecule has 1 unspecified atom stereocenters. The number of hydrogen-bond acceptors (Lipinski definition) is 6. The molecule has 1 saturated heterocycles. The van der Waals surface area contributed by atoms with E-state index < -0.39 is 11.9 Å². The first-order valence-electron chi connectivity index (χ1n) is 14.4. The van der Waals surface area contributed by atoms with Crippen LogP contribution in [0.3, 0.4) is 0 Å². The highest BCUT2D eigenvalue weighted by molar-refractivity contribution is 5.94. The Bertz CT molecular complexity index is 1280. The molecular weight excluding hydrogens is 522 g/mol. The molecule has 2 aliphatic heterocycles. The topological polar surface area (TPSA) is 92.4 Å². The molecule has 0 saturated carbocycles. The summed E-state index contributed by atoms with van der Waals surface area (Å²) in [7, 11) is 3.50. The van der Waals surface area contributed by atoms with Crippen molar-refractivity contribution in [3.05, 3.63) is 54.4 Å². The number of benzene rings is 1. The third kappa shape index (κ3) is 6.84. The lowest BCUT2D eigenvalue weighted by Gasteiger charge is -2.33. The van der Waals surface area contributed by atoms with Gasteiger partial charge in [-0.05, 0) is 48.9 Å². The molecule has 3 atom stereocenters. The number of amides is 1. The van der Waals surface area contributed by atoms with Gasteiger partial charge in [0.15, 0.2) is 23.9 Å². The quantitative estimate of drug-likeness (QED) is 0.298. The van der Waals surface area contributed by atoms with Crippen molar-refractivity contribution in [3.8, 4) is 17.2 Å². The van der Waals surface area contributed by atoms with Gasteiger partial charge in [0, 0.05) is 31.1 Å². The van der Waals surface area contributed by atoms with E-state index in [1.165, 1.54) is 0 Å². The van der Waals surface area contributed by atoms with Crippen molar-refractivity contribution < 1.29 is 33.5 Å². The van der Waals surface area contributed by atoms with Crippen LogP contribution < -0.4 is 23.7 Å². The van der Waals surface area contributed by atoms with E-state index in [9.17, 15) is 14.7 Å². The van der Waals surface area contributed by atoms with Crippen LogP contribution in [-0.4, -0.2) is 61.5 Å². The van der Waals surface area contributed by atoms with Crippen LogP contribution in [0.4, 0.5) is 5.69 Å². The first kappa shape index (κ1) is 30.4. The predicted octanol–water partition coefficient (Wildman–Crippen LogP) is 4.54.